The molecule has 2 aromatic rings. The van der Waals surface area contributed by atoms with E-state index in [1.165, 1.54) is 0 Å². The van der Waals surface area contributed by atoms with E-state index in [1.54, 1.807) is 12.1 Å². The average molecular weight is 383 g/mol. The van der Waals surface area contributed by atoms with Crippen LogP contribution < -0.4 is 5.32 Å². The van der Waals surface area contributed by atoms with E-state index >= 15 is 0 Å². The third kappa shape index (κ3) is 4.18. The van der Waals surface area contributed by atoms with Gasteiger partial charge in [0.15, 0.2) is 0 Å². The van der Waals surface area contributed by atoms with Crippen LogP contribution in [0.3, 0.4) is 0 Å². The molecule has 0 fully saturated rings. The molecular weight excluding hydrogens is 370 g/mol. The Morgan fingerprint density at radius 3 is 2.32 bits per heavy atom. The number of nitrogens with one attached hydrogen (secondary N) is 1. The minimum absolute atomic E-state index is 0.0621. The summed E-state index contributed by atoms with van der Waals surface area (Å²) >= 11 is 6.92. The number of alkyl halides is 1. The first kappa shape index (κ1) is 14.3. The van der Waals surface area contributed by atoms with E-state index in [-0.39, 0.29) is 10.7 Å². The normalized spacial score (nSPS) is 11.9. The lowest BCUT2D eigenvalue weighted by Crippen LogP contribution is -2.26. The fourth-order valence-electron chi connectivity index (χ4n) is 1.67. The van der Waals surface area contributed by atoms with Gasteiger partial charge in [-0.3, -0.25) is 4.79 Å². The van der Waals surface area contributed by atoms with Crippen molar-refractivity contribution in [3.05, 3.63) is 70.2 Å². The highest BCUT2D eigenvalue weighted by molar-refractivity contribution is 9.10. The second-order valence-corrected chi connectivity index (χ2v) is 6.12. The molecule has 0 aromatic heterocycles. The molecule has 2 aromatic carbocycles. The molecule has 0 saturated heterocycles. The van der Waals surface area contributed by atoms with Gasteiger partial charge in [0, 0.05) is 16.6 Å². The zero-order valence-electron chi connectivity index (χ0n) is 10.1. The Bertz CT molecular complexity index is 540. The van der Waals surface area contributed by atoms with Crippen molar-refractivity contribution in [2.24, 2.45) is 0 Å². The molecule has 1 atom stereocenters. The lowest BCUT2D eigenvalue weighted by atomic mass is 10.1. The summed E-state index contributed by atoms with van der Waals surface area (Å²) in [4.78, 5) is 12.1. The van der Waals surface area contributed by atoms with Gasteiger partial charge in [-0.1, -0.05) is 62.2 Å². The van der Waals surface area contributed by atoms with Crippen LogP contribution in [0.1, 0.15) is 20.7 Å². The third-order valence-corrected chi connectivity index (χ3v) is 4.09. The fourth-order valence-corrected chi connectivity index (χ4v) is 2.40. The molecule has 19 heavy (non-hydrogen) atoms. The Balaban J connectivity index is 1.92. The van der Waals surface area contributed by atoms with Crippen molar-refractivity contribution in [2.75, 3.05) is 6.54 Å². The molecule has 1 amide bonds. The first-order valence-corrected chi connectivity index (χ1v) is 7.60. The molecule has 2 nitrogen and oxygen atoms in total. The Labute approximate surface area is 129 Å². The van der Waals surface area contributed by atoms with E-state index in [9.17, 15) is 4.79 Å². The maximum absolute atomic E-state index is 11.9. The fraction of sp³-hybridized carbons (Fsp3) is 0.133. The first-order valence-electron chi connectivity index (χ1n) is 5.89. The predicted molar refractivity (Wildman–Crippen MR) is 84.6 cm³/mol. The standard InChI is InChI=1S/C15H13Br2NO/c16-13-8-6-12(7-9-13)15(19)18-10-14(17)11-4-2-1-3-5-11/h1-9,14H,10H2,(H,18,19). The molecule has 0 aliphatic rings. The van der Waals surface area contributed by atoms with Crippen LogP contribution >= 0.6 is 31.9 Å². The zero-order valence-corrected chi connectivity index (χ0v) is 13.3. The first-order chi connectivity index (χ1) is 9.16. The smallest absolute Gasteiger partial charge is 0.251 e. The molecular formula is C15H13Br2NO. The number of amides is 1. The van der Waals surface area contributed by atoms with Gasteiger partial charge < -0.3 is 5.32 Å². The number of hydrogen-bond donors (Lipinski definition) is 1. The van der Waals surface area contributed by atoms with Crippen molar-refractivity contribution in [1.82, 2.24) is 5.32 Å². The molecule has 1 unspecified atom stereocenters. The molecule has 98 valence electrons. The van der Waals surface area contributed by atoms with Gasteiger partial charge in [0.05, 0.1) is 4.83 Å². The van der Waals surface area contributed by atoms with Crippen LogP contribution in [0.2, 0.25) is 0 Å². The summed E-state index contributed by atoms with van der Waals surface area (Å²) in [5.74, 6) is -0.0621. The quantitative estimate of drug-likeness (QED) is 0.784. The summed E-state index contributed by atoms with van der Waals surface area (Å²) in [6.45, 7) is 0.554. The zero-order chi connectivity index (χ0) is 13.7. The van der Waals surface area contributed by atoms with Crippen LogP contribution in [-0.2, 0) is 0 Å². The lowest BCUT2D eigenvalue weighted by molar-refractivity contribution is 0.0954. The SMILES string of the molecule is O=C(NCC(Br)c1ccccc1)c1ccc(Br)cc1. The van der Waals surface area contributed by atoms with Crippen molar-refractivity contribution in [1.29, 1.82) is 0 Å². The highest BCUT2D eigenvalue weighted by Crippen LogP contribution is 2.21. The summed E-state index contributed by atoms with van der Waals surface area (Å²) in [6, 6.07) is 17.3. The molecule has 0 aliphatic heterocycles. The van der Waals surface area contributed by atoms with E-state index in [0.29, 0.717) is 12.1 Å². The second kappa shape index (κ2) is 6.87. The van der Waals surface area contributed by atoms with E-state index < -0.39 is 0 Å². The van der Waals surface area contributed by atoms with Gasteiger partial charge in [-0.05, 0) is 29.8 Å². The predicted octanol–water partition coefficient (Wildman–Crippen LogP) is 4.32. The van der Waals surface area contributed by atoms with Gasteiger partial charge in [0.1, 0.15) is 0 Å². The van der Waals surface area contributed by atoms with Crippen LogP contribution in [0.15, 0.2) is 59.1 Å². The molecule has 2 rings (SSSR count). The largest absolute Gasteiger partial charge is 0.351 e. The minimum Gasteiger partial charge on any atom is -0.351 e. The van der Waals surface area contributed by atoms with E-state index in [4.69, 9.17) is 0 Å². The van der Waals surface area contributed by atoms with E-state index in [0.717, 1.165) is 10.0 Å². The number of rotatable bonds is 4. The van der Waals surface area contributed by atoms with Crippen molar-refractivity contribution in [3.63, 3.8) is 0 Å². The highest BCUT2D eigenvalue weighted by Gasteiger charge is 2.10. The maximum Gasteiger partial charge on any atom is 0.251 e. The van der Waals surface area contributed by atoms with Crippen LogP contribution in [0, 0.1) is 0 Å². The summed E-state index contributed by atoms with van der Waals surface area (Å²) in [5.41, 5.74) is 1.81. The van der Waals surface area contributed by atoms with Gasteiger partial charge in [0.25, 0.3) is 5.91 Å². The Kier molecular flexibility index (Phi) is 5.16. The van der Waals surface area contributed by atoms with Crippen molar-refractivity contribution in [3.8, 4) is 0 Å². The molecule has 1 N–H and O–H groups in total. The molecule has 0 heterocycles. The maximum atomic E-state index is 11.9. The minimum atomic E-state index is -0.0621. The van der Waals surface area contributed by atoms with Gasteiger partial charge in [-0.25, -0.2) is 0 Å². The van der Waals surface area contributed by atoms with Gasteiger partial charge in [0.2, 0.25) is 0 Å². The van der Waals surface area contributed by atoms with Crippen LogP contribution in [0.4, 0.5) is 0 Å². The average Bonchev–Trinajstić information content (AvgIpc) is 2.46. The number of benzene rings is 2. The van der Waals surface area contributed by atoms with Gasteiger partial charge >= 0.3 is 0 Å². The van der Waals surface area contributed by atoms with Crippen LogP contribution in [0.5, 0.6) is 0 Å². The molecule has 0 bridgehead atoms. The van der Waals surface area contributed by atoms with Crippen molar-refractivity contribution < 1.29 is 4.79 Å². The Hall–Kier alpha value is -1.13. The van der Waals surface area contributed by atoms with Crippen molar-refractivity contribution in [2.45, 2.75) is 4.83 Å². The Morgan fingerprint density at radius 1 is 1.05 bits per heavy atom. The summed E-state index contributed by atoms with van der Waals surface area (Å²) < 4.78 is 0.965. The van der Waals surface area contributed by atoms with E-state index in [1.807, 2.05) is 42.5 Å². The van der Waals surface area contributed by atoms with Crippen molar-refractivity contribution >= 4 is 37.8 Å². The molecule has 0 spiro atoms. The summed E-state index contributed by atoms with van der Waals surface area (Å²) in [5, 5.41) is 2.92. The molecule has 0 radical (unpaired) electrons. The van der Waals surface area contributed by atoms with Gasteiger partial charge in [-0.2, -0.15) is 0 Å². The highest BCUT2D eigenvalue weighted by atomic mass is 79.9. The van der Waals surface area contributed by atoms with E-state index in [2.05, 4.69) is 37.2 Å². The van der Waals surface area contributed by atoms with Crippen LogP contribution in [0.25, 0.3) is 0 Å². The number of halogens is 2. The summed E-state index contributed by atoms with van der Waals surface area (Å²) in [6.07, 6.45) is 0. The molecule has 0 saturated carbocycles. The number of carbonyl (C=O) groups excluding carboxylic acids is 1. The summed E-state index contributed by atoms with van der Waals surface area (Å²) in [7, 11) is 0. The molecule has 4 heteroatoms. The number of carbonyl (C=O) groups is 1. The topological polar surface area (TPSA) is 29.1 Å². The van der Waals surface area contributed by atoms with Crippen LogP contribution in [-0.4, -0.2) is 12.5 Å². The second-order valence-electron chi connectivity index (χ2n) is 4.10. The number of hydrogen-bond acceptors (Lipinski definition) is 1. The monoisotopic (exact) mass is 381 g/mol. The lowest BCUT2D eigenvalue weighted by Gasteiger charge is -2.11. The van der Waals surface area contributed by atoms with Gasteiger partial charge in [-0.15, -0.1) is 0 Å². The molecule has 0 aliphatic carbocycles. The Morgan fingerprint density at radius 2 is 1.68 bits per heavy atom. The third-order valence-electron chi connectivity index (χ3n) is 2.71.